The van der Waals surface area contributed by atoms with E-state index in [1.54, 1.807) is 40.6 Å². The molecule has 0 bridgehead atoms. The third-order valence-electron chi connectivity index (χ3n) is 3.46. The summed E-state index contributed by atoms with van der Waals surface area (Å²) in [5.74, 6) is 3.00. The second-order valence-corrected chi connectivity index (χ2v) is 5.72. The van der Waals surface area contributed by atoms with E-state index in [4.69, 9.17) is 14.2 Å². The first-order valence-corrected chi connectivity index (χ1v) is 8.09. The Morgan fingerprint density at radius 3 is 2.32 bits per heavy atom. The van der Waals surface area contributed by atoms with Crippen molar-refractivity contribution in [3.8, 4) is 34.5 Å². The van der Waals surface area contributed by atoms with Gasteiger partial charge < -0.3 is 14.2 Å². The molecule has 0 unspecified atom stereocenters. The first-order valence-electron chi connectivity index (χ1n) is 7.31. The number of hydrogen-bond acceptors (Lipinski definition) is 8. The van der Waals surface area contributed by atoms with Crippen molar-refractivity contribution in [1.29, 1.82) is 0 Å². The van der Waals surface area contributed by atoms with Gasteiger partial charge in [0.15, 0.2) is 23.1 Å². The maximum absolute atomic E-state index is 5.43. The van der Waals surface area contributed by atoms with Gasteiger partial charge in [-0.25, -0.2) is 13.9 Å². The number of nitrogens with zero attached hydrogens (tertiary/aromatic N) is 5. The second kappa shape index (κ2) is 7.31. The Labute approximate surface area is 148 Å². The lowest BCUT2D eigenvalue weighted by Gasteiger charge is -2.14. The first kappa shape index (κ1) is 16.9. The number of rotatable bonds is 5. The lowest BCUT2D eigenvalue weighted by molar-refractivity contribution is 0.324. The van der Waals surface area contributed by atoms with Gasteiger partial charge >= 0.3 is 0 Å². The molecule has 0 fully saturated rings. The standard InChI is InChI=1S/C16H17N5O3S/c1-17-16-20-15(21(25-16)13-5-6-18-9-19-13)10-7-11(22-2)14(24-4)12(8-10)23-3/h5-9H,1-4H3. The van der Waals surface area contributed by atoms with Crippen LogP contribution in [0.4, 0.5) is 0 Å². The average molecular weight is 359 g/mol. The van der Waals surface area contributed by atoms with Crippen LogP contribution in [0.5, 0.6) is 17.2 Å². The summed E-state index contributed by atoms with van der Waals surface area (Å²) in [7, 11) is 6.42. The highest BCUT2D eigenvalue weighted by Crippen LogP contribution is 2.41. The summed E-state index contributed by atoms with van der Waals surface area (Å²) in [6.45, 7) is 0. The Kier molecular flexibility index (Phi) is 4.94. The van der Waals surface area contributed by atoms with Crippen molar-refractivity contribution in [2.24, 2.45) is 4.99 Å². The Morgan fingerprint density at radius 1 is 1.08 bits per heavy atom. The van der Waals surface area contributed by atoms with Crippen molar-refractivity contribution in [2.75, 3.05) is 28.4 Å². The van der Waals surface area contributed by atoms with Crippen molar-refractivity contribution in [3.05, 3.63) is 35.5 Å². The highest BCUT2D eigenvalue weighted by Gasteiger charge is 2.18. The molecule has 0 aliphatic carbocycles. The SMILES string of the molecule is CN=c1nc(-c2cc(OC)c(OC)c(OC)c2)n(-c2ccncn2)s1. The van der Waals surface area contributed by atoms with E-state index < -0.39 is 0 Å². The van der Waals surface area contributed by atoms with Gasteiger partial charge in [0.25, 0.3) is 0 Å². The van der Waals surface area contributed by atoms with Crippen LogP contribution in [0.2, 0.25) is 0 Å². The largest absolute Gasteiger partial charge is 0.493 e. The molecule has 8 nitrogen and oxygen atoms in total. The van der Waals surface area contributed by atoms with Gasteiger partial charge in [0.05, 0.1) is 21.3 Å². The summed E-state index contributed by atoms with van der Waals surface area (Å²) < 4.78 is 18.1. The summed E-state index contributed by atoms with van der Waals surface area (Å²) >= 11 is 1.38. The molecule has 0 amide bonds. The zero-order valence-electron chi connectivity index (χ0n) is 14.3. The molecule has 25 heavy (non-hydrogen) atoms. The Morgan fingerprint density at radius 2 is 1.80 bits per heavy atom. The lowest BCUT2D eigenvalue weighted by atomic mass is 10.1. The number of hydrogen-bond donors (Lipinski definition) is 0. The fraction of sp³-hybridized carbons (Fsp3) is 0.250. The Bertz CT molecular complexity index is 911. The third-order valence-corrected chi connectivity index (χ3v) is 4.44. The van der Waals surface area contributed by atoms with Gasteiger partial charge in [0.1, 0.15) is 6.33 Å². The quantitative estimate of drug-likeness (QED) is 0.692. The number of benzene rings is 1. The summed E-state index contributed by atoms with van der Waals surface area (Å²) in [6.07, 6.45) is 3.17. The van der Waals surface area contributed by atoms with Crippen LogP contribution < -0.4 is 19.0 Å². The van der Waals surface area contributed by atoms with Gasteiger partial charge in [-0.05, 0) is 23.7 Å². The van der Waals surface area contributed by atoms with E-state index in [1.165, 1.54) is 17.9 Å². The Balaban J connectivity index is 2.25. The molecule has 0 N–H and O–H groups in total. The van der Waals surface area contributed by atoms with Gasteiger partial charge in [-0.3, -0.25) is 4.99 Å². The van der Waals surface area contributed by atoms with E-state index >= 15 is 0 Å². The van der Waals surface area contributed by atoms with Crippen molar-refractivity contribution in [3.63, 3.8) is 0 Å². The monoisotopic (exact) mass is 359 g/mol. The van der Waals surface area contributed by atoms with E-state index in [9.17, 15) is 0 Å². The molecule has 1 aromatic carbocycles. The number of ether oxygens (including phenoxy) is 3. The molecule has 3 rings (SSSR count). The van der Waals surface area contributed by atoms with Crippen molar-refractivity contribution >= 4 is 11.5 Å². The maximum atomic E-state index is 5.43. The van der Waals surface area contributed by atoms with E-state index in [0.29, 0.717) is 33.7 Å². The van der Waals surface area contributed by atoms with Gasteiger partial charge in [-0.2, -0.15) is 4.98 Å². The molecule has 3 aromatic rings. The summed E-state index contributed by atoms with van der Waals surface area (Å²) in [5.41, 5.74) is 0.791. The molecule has 2 heterocycles. The first-order chi connectivity index (χ1) is 12.2. The van der Waals surface area contributed by atoms with E-state index in [0.717, 1.165) is 5.56 Å². The van der Waals surface area contributed by atoms with Crippen molar-refractivity contribution in [2.45, 2.75) is 0 Å². The lowest BCUT2D eigenvalue weighted by Crippen LogP contribution is -2.00. The van der Waals surface area contributed by atoms with Crippen LogP contribution in [0.1, 0.15) is 0 Å². The zero-order valence-corrected chi connectivity index (χ0v) is 15.1. The molecule has 9 heteroatoms. The van der Waals surface area contributed by atoms with Crippen LogP contribution in [0, 0.1) is 0 Å². The zero-order chi connectivity index (χ0) is 17.8. The van der Waals surface area contributed by atoms with Crippen LogP contribution in [0.3, 0.4) is 0 Å². The highest BCUT2D eigenvalue weighted by atomic mass is 32.1. The van der Waals surface area contributed by atoms with Gasteiger partial charge in [0, 0.05) is 24.9 Å². The van der Waals surface area contributed by atoms with Crippen LogP contribution in [-0.4, -0.2) is 47.3 Å². The third kappa shape index (κ3) is 3.18. The normalized spacial score (nSPS) is 11.4. The predicted molar refractivity (Wildman–Crippen MR) is 93.6 cm³/mol. The molecule has 0 spiro atoms. The number of methoxy groups -OCH3 is 3. The molecule has 0 radical (unpaired) electrons. The molecular formula is C16H17N5O3S. The smallest absolute Gasteiger partial charge is 0.222 e. The van der Waals surface area contributed by atoms with Crippen LogP contribution >= 0.6 is 11.5 Å². The molecular weight excluding hydrogens is 342 g/mol. The van der Waals surface area contributed by atoms with Crippen LogP contribution in [-0.2, 0) is 0 Å². The second-order valence-electron chi connectivity index (χ2n) is 4.81. The summed E-state index contributed by atoms with van der Waals surface area (Å²) in [4.78, 5) is 17.6. The summed E-state index contributed by atoms with van der Waals surface area (Å²) in [5, 5.41) is 0. The van der Waals surface area contributed by atoms with Crippen LogP contribution in [0.25, 0.3) is 17.2 Å². The fourth-order valence-corrected chi connectivity index (χ4v) is 3.13. The summed E-state index contributed by atoms with van der Waals surface area (Å²) in [6, 6.07) is 5.49. The van der Waals surface area contributed by atoms with E-state index in [-0.39, 0.29) is 0 Å². The minimum Gasteiger partial charge on any atom is -0.493 e. The predicted octanol–water partition coefficient (Wildman–Crippen LogP) is 1.95. The topological polar surface area (TPSA) is 83.7 Å². The van der Waals surface area contributed by atoms with E-state index in [2.05, 4.69) is 19.9 Å². The average Bonchev–Trinajstić information content (AvgIpc) is 3.12. The molecule has 2 aromatic heterocycles. The molecule has 0 saturated carbocycles. The number of aromatic nitrogens is 4. The fourth-order valence-electron chi connectivity index (χ4n) is 2.32. The molecule has 130 valence electrons. The van der Waals surface area contributed by atoms with Crippen molar-refractivity contribution in [1.82, 2.24) is 18.9 Å². The van der Waals surface area contributed by atoms with Crippen LogP contribution in [0.15, 0.2) is 35.7 Å². The molecule has 0 atom stereocenters. The van der Waals surface area contributed by atoms with Gasteiger partial charge in [0.2, 0.25) is 10.6 Å². The van der Waals surface area contributed by atoms with Gasteiger partial charge in [-0.15, -0.1) is 0 Å². The minimum atomic E-state index is 0.526. The van der Waals surface area contributed by atoms with E-state index in [1.807, 2.05) is 16.1 Å². The highest BCUT2D eigenvalue weighted by molar-refractivity contribution is 7.04. The van der Waals surface area contributed by atoms with Gasteiger partial charge in [-0.1, -0.05) is 0 Å². The minimum absolute atomic E-state index is 0.526. The van der Waals surface area contributed by atoms with Crippen molar-refractivity contribution < 1.29 is 14.2 Å². The molecule has 0 saturated heterocycles. The maximum Gasteiger partial charge on any atom is 0.222 e. The molecule has 0 aliphatic rings. The Hall–Kier alpha value is -2.94. The molecule has 0 aliphatic heterocycles.